The summed E-state index contributed by atoms with van der Waals surface area (Å²) < 4.78 is 4.91. The van der Waals surface area contributed by atoms with E-state index in [1.807, 2.05) is 0 Å². The molecule has 2 aromatic heterocycles. The smallest absolute Gasteiger partial charge is 0.0542 e. The van der Waals surface area contributed by atoms with Crippen molar-refractivity contribution in [2.75, 3.05) is 0 Å². The normalized spacial score (nSPS) is 11.6. The lowest BCUT2D eigenvalue weighted by Crippen LogP contribution is -1.98. The van der Waals surface area contributed by atoms with E-state index in [2.05, 4.69) is 158 Å². The summed E-state index contributed by atoms with van der Waals surface area (Å²) in [5.74, 6) is 0. The van der Waals surface area contributed by atoms with E-state index >= 15 is 0 Å². The van der Waals surface area contributed by atoms with Gasteiger partial charge in [0.25, 0.3) is 0 Å². The zero-order valence-electron chi connectivity index (χ0n) is 27.7. The van der Waals surface area contributed by atoms with Crippen LogP contribution >= 0.6 is 0 Å². The van der Waals surface area contributed by atoms with Gasteiger partial charge in [0.1, 0.15) is 0 Å². The minimum atomic E-state index is 1.13. The van der Waals surface area contributed by atoms with Crippen LogP contribution in [0.3, 0.4) is 0 Å². The Hall–Kier alpha value is -4.82. The molecule has 0 fully saturated rings. The summed E-state index contributed by atoms with van der Waals surface area (Å²) in [7, 11) is 0. The Bertz CT molecular complexity index is 1930. The summed E-state index contributed by atoms with van der Waals surface area (Å²) in [5.41, 5.74) is 15.1. The summed E-state index contributed by atoms with van der Waals surface area (Å²) in [6, 6.07) is 45.9. The van der Waals surface area contributed by atoms with Crippen LogP contribution in [0, 0.1) is 13.8 Å². The molecule has 0 unspecified atom stereocenters. The zero-order chi connectivity index (χ0) is 31.6. The molecule has 0 amide bonds. The number of fused-ring (bicyclic) bond motifs is 2. The lowest BCUT2D eigenvalue weighted by Gasteiger charge is -2.14. The van der Waals surface area contributed by atoms with Gasteiger partial charge in [0.2, 0.25) is 0 Å². The van der Waals surface area contributed by atoms with Crippen LogP contribution in [0.4, 0.5) is 0 Å². The van der Waals surface area contributed by atoms with E-state index in [1.165, 1.54) is 104 Å². The second kappa shape index (κ2) is 12.9. The Morgan fingerprint density at radius 3 is 1.15 bits per heavy atom. The van der Waals surface area contributed by atoms with Gasteiger partial charge in [0.15, 0.2) is 0 Å². The van der Waals surface area contributed by atoms with Crippen molar-refractivity contribution in [3.05, 3.63) is 144 Å². The molecule has 0 N–H and O–H groups in total. The van der Waals surface area contributed by atoms with Gasteiger partial charge in [0, 0.05) is 22.1 Å². The highest BCUT2D eigenvalue weighted by molar-refractivity contribution is 6.02. The third-order valence-electron chi connectivity index (χ3n) is 9.45. The Morgan fingerprint density at radius 2 is 0.804 bits per heavy atom. The van der Waals surface area contributed by atoms with Crippen LogP contribution in [0.2, 0.25) is 0 Å². The predicted molar refractivity (Wildman–Crippen MR) is 198 cm³/mol. The molecule has 5 aromatic carbocycles. The van der Waals surface area contributed by atoms with Gasteiger partial charge in [-0.25, -0.2) is 0 Å². The maximum atomic E-state index is 2.45. The van der Waals surface area contributed by atoms with Crippen molar-refractivity contribution in [1.29, 1.82) is 0 Å². The van der Waals surface area contributed by atoms with Gasteiger partial charge in [0.05, 0.1) is 22.4 Å². The van der Waals surface area contributed by atoms with E-state index < -0.39 is 0 Å². The van der Waals surface area contributed by atoms with Crippen LogP contribution in [0.15, 0.2) is 121 Å². The number of benzene rings is 5. The fourth-order valence-corrected chi connectivity index (χ4v) is 6.73. The Morgan fingerprint density at radius 1 is 0.435 bits per heavy atom. The molecule has 2 nitrogen and oxygen atoms in total. The molecule has 0 spiro atoms. The molecule has 2 heteroatoms. The molecule has 0 aliphatic carbocycles. The van der Waals surface area contributed by atoms with E-state index in [0.29, 0.717) is 0 Å². The number of aromatic nitrogens is 2. The maximum absolute atomic E-state index is 2.45. The third-order valence-corrected chi connectivity index (χ3v) is 9.45. The maximum Gasteiger partial charge on any atom is 0.0542 e. The minimum absolute atomic E-state index is 1.13. The number of hydrogen-bond acceptors (Lipinski definition) is 0. The highest BCUT2D eigenvalue weighted by atomic mass is 15.0. The van der Waals surface area contributed by atoms with Crippen molar-refractivity contribution < 1.29 is 0 Å². The summed E-state index contributed by atoms with van der Waals surface area (Å²) in [6.07, 6.45) is 7.13. The highest BCUT2D eigenvalue weighted by Gasteiger charge is 2.18. The van der Waals surface area contributed by atoms with E-state index in [0.717, 1.165) is 12.8 Å². The van der Waals surface area contributed by atoms with Crippen LogP contribution in [0.5, 0.6) is 0 Å². The first-order chi connectivity index (χ1) is 22.5. The van der Waals surface area contributed by atoms with Crippen molar-refractivity contribution in [3.8, 4) is 33.9 Å². The molecular formula is C44H44N2. The minimum Gasteiger partial charge on any atom is -0.309 e. The lowest BCUT2D eigenvalue weighted by molar-refractivity contribution is 0.795. The van der Waals surface area contributed by atoms with E-state index in [1.54, 1.807) is 0 Å². The summed E-state index contributed by atoms with van der Waals surface area (Å²) >= 11 is 0. The van der Waals surface area contributed by atoms with Gasteiger partial charge in [-0.05, 0) is 110 Å². The molecule has 0 saturated heterocycles. The fraction of sp³-hybridized carbons (Fsp3) is 0.227. The van der Waals surface area contributed by atoms with Gasteiger partial charge in [-0.3, -0.25) is 0 Å². The number of hydrogen-bond donors (Lipinski definition) is 0. The highest BCUT2D eigenvalue weighted by Crippen LogP contribution is 2.38. The van der Waals surface area contributed by atoms with Gasteiger partial charge in [-0.15, -0.1) is 0 Å². The number of aryl methyl sites for hydroxylation is 4. The van der Waals surface area contributed by atoms with E-state index in [9.17, 15) is 0 Å². The van der Waals surface area contributed by atoms with E-state index in [4.69, 9.17) is 0 Å². The molecule has 0 aliphatic rings. The first kappa shape index (κ1) is 29.9. The Kier molecular flexibility index (Phi) is 8.37. The Balaban J connectivity index is 1.45. The van der Waals surface area contributed by atoms with Crippen molar-refractivity contribution in [3.63, 3.8) is 0 Å². The summed E-state index contributed by atoms with van der Waals surface area (Å²) in [6.45, 7) is 8.83. The van der Waals surface area contributed by atoms with Crippen LogP contribution in [-0.2, 0) is 12.8 Å². The molecule has 0 bridgehead atoms. The Labute approximate surface area is 274 Å². The monoisotopic (exact) mass is 600 g/mol. The van der Waals surface area contributed by atoms with Crippen LogP contribution in [-0.4, -0.2) is 9.13 Å². The predicted octanol–water partition coefficient (Wildman–Crippen LogP) is 12.2. The molecule has 7 rings (SSSR count). The summed E-state index contributed by atoms with van der Waals surface area (Å²) in [5, 5.41) is 2.49. The molecule has 0 aliphatic heterocycles. The quantitative estimate of drug-likeness (QED) is 0.148. The first-order valence-corrected chi connectivity index (χ1v) is 17.1. The largest absolute Gasteiger partial charge is 0.309 e. The van der Waals surface area contributed by atoms with Gasteiger partial charge in [-0.2, -0.15) is 0 Å². The summed E-state index contributed by atoms with van der Waals surface area (Å²) in [4.78, 5) is 0. The molecule has 46 heavy (non-hydrogen) atoms. The molecule has 230 valence electrons. The molecular weight excluding hydrogens is 556 g/mol. The molecule has 0 saturated carbocycles. The number of nitrogens with zero attached hydrogens (tertiary/aromatic N) is 2. The van der Waals surface area contributed by atoms with Gasteiger partial charge < -0.3 is 9.13 Å². The zero-order valence-corrected chi connectivity index (χ0v) is 27.7. The number of rotatable bonds is 10. The van der Waals surface area contributed by atoms with Crippen molar-refractivity contribution >= 4 is 21.8 Å². The fourth-order valence-electron chi connectivity index (χ4n) is 6.73. The van der Waals surface area contributed by atoms with E-state index in [-0.39, 0.29) is 0 Å². The SMILES string of the molecule is CCCCc1ccc(-n2c(-c3ccc(C)cc3)cc3cc4c(cc(-c5ccc(C)cc5)n4-c4ccc(CCCC)cc4)cc32)cc1. The molecule has 0 radical (unpaired) electrons. The van der Waals surface area contributed by atoms with Crippen LogP contribution in [0.25, 0.3) is 55.7 Å². The average Bonchev–Trinajstić information content (AvgIpc) is 3.64. The average molecular weight is 601 g/mol. The van der Waals surface area contributed by atoms with Gasteiger partial charge in [-0.1, -0.05) is 111 Å². The topological polar surface area (TPSA) is 9.86 Å². The molecule has 7 aromatic rings. The van der Waals surface area contributed by atoms with Crippen LogP contribution in [0.1, 0.15) is 61.8 Å². The molecule has 0 atom stereocenters. The first-order valence-electron chi connectivity index (χ1n) is 17.1. The van der Waals surface area contributed by atoms with Crippen molar-refractivity contribution in [2.45, 2.75) is 66.2 Å². The second-order valence-electron chi connectivity index (χ2n) is 13.0. The van der Waals surface area contributed by atoms with Crippen LogP contribution < -0.4 is 0 Å². The lowest BCUT2D eigenvalue weighted by atomic mass is 10.1. The standard InChI is InChI=1S/C44H44N2/c1-5-7-9-33-15-23-39(24-16-33)45-41(35-19-11-31(3)12-20-35)27-37-30-44-38(29-43(37)45)28-42(36-21-13-32(4)14-22-36)46(44)40-25-17-34(18-26-40)10-8-6-2/h11-30H,5-10H2,1-4H3. The third kappa shape index (κ3) is 5.81. The van der Waals surface area contributed by atoms with Gasteiger partial charge >= 0.3 is 0 Å². The van der Waals surface area contributed by atoms with Crippen molar-refractivity contribution in [2.24, 2.45) is 0 Å². The number of unbranched alkanes of at least 4 members (excludes halogenated alkanes) is 2. The van der Waals surface area contributed by atoms with Crippen molar-refractivity contribution in [1.82, 2.24) is 9.13 Å². The molecule has 2 heterocycles. The second-order valence-corrected chi connectivity index (χ2v) is 13.0.